The number of halogens is 4. The molecule has 0 aliphatic heterocycles. The summed E-state index contributed by atoms with van der Waals surface area (Å²) in [6.07, 6.45) is 0.804. The van der Waals surface area contributed by atoms with Crippen molar-refractivity contribution < 1.29 is 13.2 Å². The summed E-state index contributed by atoms with van der Waals surface area (Å²) in [5, 5.41) is 11.2. The molecule has 5 nitrogen and oxygen atoms in total. The number of alkyl halides is 3. The van der Waals surface area contributed by atoms with E-state index in [2.05, 4.69) is 15.5 Å². The number of hydrogen-bond acceptors (Lipinski definition) is 3. The van der Waals surface area contributed by atoms with Crippen molar-refractivity contribution in [2.24, 2.45) is 0 Å². The van der Waals surface area contributed by atoms with Gasteiger partial charge < -0.3 is 5.32 Å². The van der Waals surface area contributed by atoms with Crippen LogP contribution in [0.4, 0.5) is 13.2 Å². The van der Waals surface area contributed by atoms with Crippen LogP contribution in [0.1, 0.15) is 31.1 Å². The lowest BCUT2D eigenvalue weighted by Crippen LogP contribution is -2.19. The summed E-state index contributed by atoms with van der Waals surface area (Å²) in [5.41, 5.74) is 1.61. The molecule has 22 heavy (non-hydrogen) atoms. The molecule has 0 fully saturated rings. The topological polar surface area (TPSA) is 47.7 Å². The second-order valence-electron chi connectivity index (χ2n) is 5.15. The second-order valence-corrected chi connectivity index (χ2v) is 5.15. The summed E-state index contributed by atoms with van der Waals surface area (Å²) in [7, 11) is 0. The van der Waals surface area contributed by atoms with E-state index in [4.69, 9.17) is 0 Å². The maximum atomic E-state index is 12.2. The Morgan fingerprint density at radius 1 is 1.27 bits per heavy atom. The number of aromatic nitrogens is 4. The molecule has 9 heteroatoms. The average molecular weight is 338 g/mol. The van der Waals surface area contributed by atoms with Crippen LogP contribution in [0, 0.1) is 0 Å². The van der Waals surface area contributed by atoms with Gasteiger partial charge in [-0.1, -0.05) is 0 Å². The van der Waals surface area contributed by atoms with Crippen LogP contribution in [-0.4, -0.2) is 25.7 Å². The Morgan fingerprint density at radius 3 is 2.59 bits per heavy atom. The molecule has 2 aromatic rings. The van der Waals surface area contributed by atoms with Gasteiger partial charge in [0, 0.05) is 37.1 Å². The smallest absolute Gasteiger partial charge is 0.307 e. The highest BCUT2D eigenvalue weighted by molar-refractivity contribution is 5.85. The predicted octanol–water partition coefficient (Wildman–Crippen LogP) is 2.93. The van der Waals surface area contributed by atoms with Gasteiger partial charge in [-0.15, -0.1) is 12.4 Å². The Bertz CT molecular complexity index is 576. The maximum Gasteiger partial charge on any atom is 0.408 e. The quantitative estimate of drug-likeness (QED) is 0.881. The first-order chi connectivity index (χ1) is 9.83. The van der Waals surface area contributed by atoms with Gasteiger partial charge in [0.15, 0.2) is 0 Å². The van der Waals surface area contributed by atoms with E-state index in [0.717, 1.165) is 10.2 Å². The van der Waals surface area contributed by atoms with Gasteiger partial charge in [0.25, 0.3) is 0 Å². The molecule has 2 rings (SSSR count). The number of nitrogens with zero attached hydrogens (tertiary/aromatic N) is 4. The van der Waals surface area contributed by atoms with Crippen LogP contribution in [0.15, 0.2) is 24.7 Å². The van der Waals surface area contributed by atoms with E-state index in [1.807, 2.05) is 24.7 Å². The van der Waals surface area contributed by atoms with Crippen molar-refractivity contribution in [2.45, 2.75) is 45.7 Å². The molecule has 124 valence electrons. The van der Waals surface area contributed by atoms with E-state index >= 15 is 0 Å². The maximum absolute atomic E-state index is 12.2. The predicted molar refractivity (Wildman–Crippen MR) is 78.7 cm³/mol. The van der Waals surface area contributed by atoms with Crippen LogP contribution in [0.2, 0.25) is 0 Å². The van der Waals surface area contributed by atoms with Crippen molar-refractivity contribution in [3.63, 3.8) is 0 Å². The Morgan fingerprint density at radius 2 is 2.00 bits per heavy atom. The lowest BCUT2D eigenvalue weighted by atomic mass is 10.3. The largest absolute Gasteiger partial charge is 0.408 e. The van der Waals surface area contributed by atoms with Crippen molar-refractivity contribution in [1.82, 2.24) is 24.9 Å². The fourth-order valence-electron chi connectivity index (χ4n) is 1.86. The van der Waals surface area contributed by atoms with Gasteiger partial charge in [-0.05, 0) is 19.9 Å². The minimum atomic E-state index is -4.25. The molecule has 0 radical (unpaired) electrons. The average Bonchev–Trinajstić information content (AvgIpc) is 2.97. The van der Waals surface area contributed by atoms with Crippen molar-refractivity contribution in [1.29, 1.82) is 0 Å². The number of rotatable bonds is 6. The minimum Gasteiger partial charge on any atom is -0.307 e. The van der Waals surface area contributed by atoms with Crippen molar-refractivity contribution in [3.8, 4) is 0 Å². The molecule has 1 N–H and O–H groups in total. The van der Waals surface area contributed by atoms with Crippen LogP contribution in [0.3, 0.4) is 0 Å². The second kappa shape index (κ2) is 7.64. The Kier molecular flexibility index (Phi) is 6.43. The lowest BCUT2D eigenvalue weighted by Gasteiger charge is -2.05. The van der Waals surface area contributed by atoms with E-state index in [0.29, 0.717) is 24.8 Å². The number of hydrogen-bond donors (Lipinski definition) is 1. The molecular formula is C13H19ClF3N5. The molecule has 0 amide bonds. The highest BCUT2D eigenvalue weighted by atomic mass is 35.5. The molecule has 2 aromatic heterocycles. The van der Waals surface area contributed by atoms with Gasteiger partial charge in [-0.25, -0.2) is 0 Å². The summed E-state index contributed by atoms with van der Waals surface area (Å²) in [6.45, 7) is 4.03. The lowest BCUT2D eigenvalue weighted by molar-refractivity contribution is -0.142. The zero-order valence-electron chi connectivity index (χ0n) is 12.3. The van der Waals surface area contributed by atoms with Crippen molar-refractivity contribution in [2.75, 3.05) is 0 Å². The van der Waals surface area contributed by atoms with E-state index in [-0.39, 0.29) is 12.4 Å². The molecule has 0 unspecified atom stereocenters. The monoisotopic (exact) mass is 337 g/mol. The molecule has 0 atom stereocenters. The molecule has 0 saturated heterocycles. The summed E-state index contributed by atoms with van der Waals surface area (Å²) in [5.74, 6) is 0. The van der Waals surface area contributed by atoms with E-state index in [1.165, 1.54) is 6.20 Å². The number of nitrogens with one attached hydrogen (secondary N) is 1. The first-order valence-electron chi connectivity index (χ1n) is 6.66. The highest BCUT2D eigenvalue weighted by Gasteiger charge is 2.28. The summed E-state index contributed by atoms with van der Waals surface area (Å²) in [4.78, 5) is 0. The first-order valence-corrected chi connectivity index (χ1v) is 6.66. The van der Waals surface area contributed by atoms with E-state index in [1.54, 1.807) is 12.3 Å². The molecule has 0 aliphatic carbocycles. The molecule has 0 aliphatic rings. The van der Waals surface area contributed by atoms with Crippen LogP contribution in [-0.2, 0) is 19.6 Å². The zero-order valence-corrected chi connectivity index (χ0v) is 13.2. The molecule has 2 heterocycles. The molecular weight excluding hydrogens is 319 g/mol. The van der Waals surface area contributed by atoms with Gasteiger partial charge in [0.1, 0.15) is 6.54 Å². The molecule has 0 aromatic carbocycles. The van der Waals surface area contributed by atoms with Crippen molar-refractivity contribution >= 4 is 12.4 Å². The highest BCUT2D eigenvalue weighted by Crippen LogP contribution is 2.16. The third kappa shape index (κ3) is 5.69. The summed E-state index contributed by atoms with van der Waals surface area (Å²) >= 11 is 0. The van der Waals surface area contributed by atoms with Crippen LogP contribution >= 0.6 is 12.4 Å². The standard InChI is InChI=1S/C13H18F3N5.ClH/c1-10(2)21-8-11(6-18-21)5-17-7-12-3-4-20(19-12)9-13(14,15)16;/h3-4,6,8,10,17H,5,7,9H2,1-2H3;1H. The van der Waals surface area contributed by atoms with Crippen LogP contribution in [0.5, 0.6) is 0 Å². The van der Waals surface area contributed by atoms with E-state index in [9.17, 15) is 13.2 Å². The molecule has 0 saturated carbocycles. The third-order valence-electron chi connectivity index (χ3n) is 2.86. The van der Waals surface area contributed by atoms with E-state index < -0.39 is 12.7 Å². The fraction of sp³-hybridized carbons (Fsp3) is 0.538. The SMILES string of the molecule is CC(C)n1cc(CNCc2ccn(CC(F)(F)F)n2)cn1.Cl. The van der Waals surface area contributed by atoms with Crippen molar-refractivity contribution in [3.05, 3.63) is 35.9 Å². The summed E-state index contributed by atoms with van der Waals surface area (Å²) in [6, 6.07) is 1.88. The van der Waals surface area contributed by atoms with Gasteiger partial charge >= 0.3 is 6.18 Å². The Labute approximate surface area is 132 Å². The minimum absolute atomic E-state index is 0. The first kappa shape index (κ1) is 18.5. The van der Waals surface area contributed by atoms with Crippen LogP contribution in [0.25, 0.3) is 0 Å². The Hall–Kier alpha value is -1.54. The normalized spacial score (nSPS) is 11.7. The van der Waals surface area contributed by atoms with Gasteiger partial charge in [-0.2, -0.15) is 23.4 Å². The Balaban J connectivity index is 0.00000242. The van der Waals surface area contributed by atoms with Gasteiger partial charge in [0.2, 0.25) is 0 Å². The van der Waals surface area contributed by atoms with Gasteiger partial charge in [0.05, 0.1) is 11.9 Å². The van der Waals surface area contributed by atoms with Crippen LogP contribution < -0.4 is 5.32 Å². The molecule has 0 spiro atoms. The third-order valence-corrected chi connectivity index (χ3v) is 2.86. The van der Waals surface area contributed by atoms with Gasteiger partial charge in [-0.3, -0.25) is 9.36 Å². The molecule has 0 bridgehead atoms. The zero-order chi connectivity index (χ0) is 15.5. The fourth-order valence-corrected chi connectivity index (χ4v) is 1.86. The summed E-state index contributed by atoms with van der Waals surface area (Å²) < 4.78 is 39.4.